The number of hydrogen-bond donors (Lipinski definition) is 2. The van der Waals surface area contributed by atoms with E-state index in [0.717, 1.165) is 25.2 Å². The van der Waals surface area contributed by atoms with E-state index in [1.807, 2.05) is 6.92 Å². The molecule has 1 saturated heterocycles. The summed E-state index contributed by atoms with van der Waals surface area (Å²) in [6, 6.07) is 2.17. The van der Waals surface area contributed by atoms with Gasteiger partial charge in [0.25, 0.3) is 0 Å². The molecule has 2 heterocycles. The van der Waals surface area contributed by atoms with Gasteiger partial charge in [0.2, 0.25) is 5.95 Å². The molecule has 2 N–H and O–H groups in total. The molecule has 4 nitrogen and oxygen atoms in total. The Morgan fingerprint density at radius 2 is 2.43 bits per heavy atom. The fourth-order valence-corrected chi connectivity index (χ4v) is 1.79. The molecule has 1 aliphatic heterocycles. The van der Waals surface area contributed by atoms with Gasteiger partial charge in [0, 0.05) is 18.3 Å². The molecular weight excluding hydrogens is 200 g/mol. The molecular formula is C9H13ClN4. The summed E-state index contributed by atoms with van der Waals surface area (Å²) in [5, 5.41) is 7.02. The monoisotopic (exact) mass is 212 g/mol. The van der Waals surface area contributed by atoms with E-state index in [1.54, 1.807) is 6.07 Å². The minimum atomic E-state index is 0.424. The Hall–Kier alpha value is -0.870. The van der Waals surface area contributed by atoms with Gasteiger partial charge < -0.3 is 10.6 Å². The number of hydrogen-bond acceptors (Lipinski definition) is 4. The molecule has 1 fully saturated rings. The van der Waals surface area contributed by atoms with Crippen molar-refractivity contribution >= 4 is 17.5 Å². The first-order valence-corrected chi connectivity index (χ1v) is 5.10. The highest BCUT2D eigenvalue weighted by atomic mass is 35.5. The Morgan fingerprint density at radius 1 is 1.57 bits per heavy atom. The minimum Gasteiger partial charge on any atom is -0.350 e. The molecule has 1 atom stereocenters. The Balaban J connectivity index is 2.07. The van der Waals surface area contributed by atoms with Crippen molar-refractivity contribution in [1.82, 2.24) is 15.3 Å². The summed E-state index contributed by atoms with van der Waals surface area (Å²) >= 11 is 5.83. The first kappa shape index (κ1) is 9.68. The van der Waals surface area contributed by atoms with Crippen LogP contribution in [0.5, 0.6) is 0 Å². The zero-order chi connectivity index (χ0) is 9.97. The second-order valence-electron chi connectivity index (χ2n) is 3.49. The standard InChI is InChI=1S/C9H13ClN4/c1-6-4-8(10)14-9(12-6)13-7-2-3-11-5-7/h4,7,11H,2-3,5H2,1H3,(H,12,13,14)/t7-/m1/s1. The molecule has 1 aromatic rings. The van der Waals surface area contributed by atoms with Crippen LogP contribution in [0.15, 0.2) is 6.07 Å². The van der Waals surface area contributed by atoms with Crippen LogP contribution >= 0.6 is 11.6 Å². The van der Waals surface area contributed by atoms with Crippen LogP contribution in [0.25, 0.3) is 0 Å². The molecule has 0 amide bonds. The van der Waals surface area contributed by atoms with Gasteiger partial charge in [-0.1, -0.05) is 11.6 Å². The Morgan fingerprint density at radius 3 is 3.07 bits per heavy atom. The molecule has 0 spiro atoms. The van der Waals surface area contributed by atoms with E-state index < -0.39 is 0 Å². The van der Waals surface area contributed by atoms with E-state index in [2.05, 4.69) is 20.6 Å². The summed E-state index contributed by atoms with van der Waals surface area (Å²) in [5.74, 6) is 0.628. The second kappa shape index (κ2) is 4.11. The highest BCUT2D eigenvalue weighted by Crippen LogP contribution is 2.11. The van der Waals surface area contributed by atoms with Gasteiger partial charge in [-0.3, -0.25) is 0 Å². The first-order valence-electron chi connectivity index (χ1n) is 4.72. The van der Waals surface area contributed by atoms with Crippen LogP contribution in [0.3, 0.4) is 0 Å². The number of nitrogens with one attached hydrogen (secondary N) is 2. The number of halogens is 1. The predicted molar refractivity (Wildman–Crippen MR) is 56.7 cm³/mol. The van der Waals surface area contributed by atoms with Crippen molar-refractivity contribution in [2.45, 2.75) is 19.4 Å². The fraction of sp³-hybridized carbons (Fsp3) is 0.556. The largest absolute Gasteiger partial charge is 0.350 e. The molecule has 5 heteroatoms. The number of nitrogens with zero attached hydrogens (tertiary/aromatic N) is 2. The minimum absolute atomic E-state index is 0.424. The van der Waals surface area contributed by atoms with Gasteiger partial charge in [-0.2, -0.15) is 0 Å². The number of aryl methyl sites for hydroxylation is 1. The first-order chi connectivity index (χ1) is 6.74. The molecule has 0 aromatic carbocycles. The molecule has 0 unspecified atom stereocenters. The SMILES string of the molecule is Cc1cc(Cl)nc(N[C@@H]2CCNC2)n1. The van der Waals surface area contributed by atoms with Gasteiger partial charge in [0.15, 0.2) is 0 Å². The van der Waals surface area contributed by atoms with Crippen molar-refractivity contribution in [3.8, 4) is 0 Å². The van der Waals surface area contributed by atoms with E-state index >= 15 is 0 Å². The third kappa shape index (κ3) is 2.33. The van der Waals surface area contributed by atoms with Crippen molar-refractivity contribution in [2.24, 2.45) is 0 Å². The number of anilines is 1. The van der Waals surface area contributed by atoms with Crippen LogP contribution < -0.4 is 10.6 Å². The van der Waals surface area contributed by atoms with Gasteiger partial charge in [-0.15, -0.1) is 0 Å². The summed E-state index contributed by atoms with van der Waals surface area (Å²) in [5.41, 5.74) is 0.887. The number of rotatable bonds is 2. The van der Waals surface area contributed by atoms with Crippen molar-refractivity contribution in [1.29, 1.82) is 0 Å². The zero-order valence-electron chi connectivity index (χ0n) is 8.05. The fourth-order valence-electron chi connectivity index (χ4n) is 1.56. The number of aromatic nitrogens is 2. The van der Waals surface area contributed by atoms with Gasteiger partial charge in [-0.05, 0) is 26.0 Å². The Labute approximate surface area is 88.1 Å². The lowest BCUT2D eigenvalue weighted by Gasteiger charge is -2.11. The maximum absolute atomic E-state index is 5.83. The van der Waals surface area contributed by atoms with Gasteiger partial charge in [-0.25, -0.2) is 9.97 Å². The van der Waals surface area contributed by atoms with Gasteiger partial charge >= 0.3 is 0 Å². The van der Waals surface area contributed by atoms with E-state index in [9.17, 15) is 0 Å². The third-order valence-electron chi connectivity index (χ3n) is 2.22. The van der Waals surface area contributed by atoms with Crippen LogP contribution in [0.2, 0.25) is 5.15 Å². The second-order valence-corrected chi connectivity index (χ2v) is 3.88. The lowest BCUT2D eigenvalue weighted by atomic mass is 10.3. The van der Waals surface area contributed by atoms with E-state index in [0.29, 0.717) is 17.1 Å². The summed E-state index contributed by atoms with van der Waals surface area (Å²) in [6.45, 7) is 3.93. The molecule has 0 bridgehead atoms. The zero-order valence-corrected chi connectivity index (χ0v) is 8.80. The molecule has 0 aliphatic carbocycles. The quantitative estimate of drug-likeness (QED) is 0.724. The Bertz CT molecular complexity index is 302. The normalized spacial score (nSPS) is 21.1. The van der Waals surface area contributed by atoms with Crippen molar-refractivity contribution in [3.05, 3.63) is 16.9 Å². The predicted octanol–water partition coefficient (Wildman–Crippen LogP) is 1.21. The lowest BCUT2D eigenvalue weighted by molar-refractivity contribution is 0.779. The summed E-state index contributed by atoms with van der Waals surface area (Å²) in [6.07, 6.45) is 1.11. The summed E-state index contributed by atoms with van der Waals surface area (Å²) in [4.78, 5) is 8.38. The van der Waals surface area contributed by atoms with Crippen LogP contribution in [0.1, 0.15) is 12.1 Å². The maximum Gasteiger partial charge on any atom is 0.224 e. The van der Waals surface area contributed by atoms with Crippen LogP contribution in [-0.2, 0) is 0 Å². The van der Waals surface area contributed by atoms with Crippen molar-refractivity contribution in [3.63, 3.8) is 0 Å². The van der Waals surface area contributed by atoms with Crippen molar-refractivity contribution in [2.75, 3.05) is 18.4 Å². The topological polar surface area (TPSA) is 49.8 Å². The molecule has 14 heavy (non-hydrogen) atoms. The molecule has 76 valence electrons. The molecule has 2 rings (SSSR count). The van der Waals surface area contributed by atoms with Gasteiger partial charge in [0.05, 0.1) is 0 Å². The average molecular weight is 213 g/mol. The smallest absolute Gasteiger partial charge is 0.224 e. The van der Waals surface area contributed by atoms with Gasteiger partial charge in [0.1, 0.15) is 5.15 Å². The highest BCUT2D eigenvalue weighted by molar-refractivity contribution is 6.29. The lowest BCUT2D eigenvalue weighted by Crippen LogP contribution is -2.23. The molecule has 1 aromatic heterocycles. The molecule has 0 radical (unpaired) electrons. The van der Waals surface area contributed by atoms with Crippen molar-refractivity contribution < 1.29 is 0 Å². The van der Waals surface area contributed by atoms with E-state index in [1.165, 1.54) is 0 Å². The van der Waals surface area contributed by atoms with Crippen LogP contribution in [-0.4, -0.2) is 29.1 Å². The van der Waals surface area contributed by atoms with Crippen LogP contribution in [0.4, 0.5) is 5.95 Å². The van der Waals surface area contributed by atoms with E-state index in [4.69, 9.17) is 11.6 Å². The highest BCUT2D eigenvalue weighted by Gasteiger charge is 2.15. The summed E-state index contributed by atoms with van der Waals surface area (Å²) < 4.78 is 0. The molecule has 0 saturated carbocycles. The summed E-state index contributed by atoms with van der Waals surface area (Å²) in [7, 11) is 0. The third-order valence-corrected chi connectivity index (χ3v) is 2.41. The van der Waals surface area contributed by atoms with E-state index in [-0.39, 0.29) is 0 Å². The maximum atomic E-state index is 5.83. The Kier molecular flexibility index (Phi) is 2.84. The van der Waals surface area contributed by atoms with Crippen LogP contribution in [0, 0.1) is 6.92 Å². The molecule has 1 aliphatic rings. The average Bonchev–Trinajstić information content (AvgIpc) is 2.54.